The summed E-state index contributed by atoms with van der Waals surface area (Å²) in [5.74, 6) is 1.05. The predicted octanol–water partition coefficient (Wildman–Crippen LogP) is 3.61. The number of phenols is 1. The molecule has 1 aliphatic carbocycles. The topological polar surface area (TPSA) is 229 Å². The monoisotopic (exact) mass is 815 g/mol. The number of aliphatic hydroxyl groups excluding tert-OH is 4. The molecule has 5 aromatic rings. The van der Waals surface area contributed by atoms with E-state index in [4.69, 9.17) is 18.9 Å². The second kappa shape index (κ2) is 16.0. The van der Waals surface area contributed by atoms with Gasteiger partial charge in [-0.05, 0) is 75.3 Å². The summed E-state index contributed by atoms with van der Waals surface area (Å²) in [6, 6.07) is 11.0. The number of aryl methyl sites for hydroxylation is 1. The third kappa shape index (κ3) is 7.65. The van der Waals surface area contributed by atoms with Gasteiger partial charge in [0.1, 0.15) is 59.4 Å². The van der Waals surface area contributed by atoms with Crippen LogP contribution >= 0.6 is 0 Å². The molecule has 1 spiro atoms. The van der Waals surface area contributed by atoms with Crippen LogP contribution in [0.4, 0.5) is 0 Å². The number of rotatable bonds is 14. The number of phenolic OH excluding ortho intramolecular Hbond substituents is 1. The Labute approximate surface area is 340 Å². The molecule has 15 nitrogen and oxygen atoms in total. The van der Waals surface area contributed by atoms with Crippen molar-refractivity contribution < 1.29 is 54.4 Å². The lowest BCUT2D eigenvalue weighted by Crippen LogP contribution is -2.58. The Morgan fingerprint density at radius 1 is 1.05 bits per heavy atom. The molecule has 59 heavy (non-hydrogen) atoms. The SMILES string of the molecule is Cc1cc(=O)c2cc3c(c(-n4cc5cc[nH]c5c4)c2o1)O[C@](C)(CC[C@@H]1CNC(=O)C12CCCCC2)[C@H](OOC[C@@](O)(Cc1ccc(O)cc1)[C@@H](O)[C@H](O)[C@H](O)CO)C3. The quantitative estimate of drug-likeness (QED) is 0.0594. The normalized spacial score (nSPS) is 24.1. The predicted molar refractivity (Wildman–Crippen MR) is 215 cm³/mol. The third-order valence-corrected chi connectivity index (χ3v) is 13.1. The van der Waals surface area contributed by atoms with Crippen molar-refractivity contribution in [1.82, 2.24) is 14.9 Å². The number of amides is 1. The number of aromatic hydroxyl groups is 1. The number of aromatic nitrogens is 2. The fourth-order valence-corrected chi connectivity index (χ4v) is 9.56. The van der Waals surface area contributed by atoms with Crippen molar-refractivity contribution in [3.63, 3.8) is 0 Å². The van der Waals surface area contributed by atoms with Crippen molar-refractivity contribution in [3.05, 3.63) is 88.2 Å². The first kappa shape index (κ1) is 41.0. The number of benzene rings is 2. The summed E-state index contributed by atoms with van der Waals surface area (Å²) in [6.07, 6.45) is 4.69. The minimum absolute atomic E-state index is 0.0181. The van der Waals surface area contributed by atoms with Gasteiger partial charge >= 0.3 is 0 Å². The van der Waals surface area contributed by atoms with Crippen LogP contribution in [0.5, 0.6) is 11.5 Å². The average molecular weight is 816 g/mol. The molecule has 3 aliphatic rings. The number of fused-ring (bicyclic) bond motifs is 3. The highest BCUT2D eigenvalue weighted by molar-refractivity contribution is 5.91. The summed E-state index contributed by atoms with van der Waals surface area (Å²) in [6.45, 7) is 2.60. The van der Waals surface area contributed by atoms with Crippen LogP contribution in [-0.2, 0) is 27.4 Å². The molecule has 3 aromatic heterocycles. The maximum Gasteiger partial charge on any atom is 0.226 e. The van der Waals surface area contributed by atoms with E-state index in [0.717, 1.165) is 43.0 Å². The fourth-order valence-electron chi connectivity index (χ4n) is 9.56. The second-order valence-electron chi connectivity index (χ2n) is 17.1. The number of carbonyl (C=O) groups excluding carboxylic acids is 1. The van der Waals surface area contributed by atoms with Gasteiger partial charge in [0.25, 0.3) is 0 Å². The number of carbonyl (C=O) groups is 1. The molecule has 0 bridgehead atoms. The number of nitrogens with zero attached hydrogens (tertiary/aromatic N) is 1. The van der Waals surface area contributed by atoms with E-state index in [9.17, 15) is 40.2 Å². The Bertz CT molecular complexity index is 2340. The molecule has 15 heteroatoms. The van der Waals surface area contributed by atoms with Crippen LogP contribution in [0.3, 0.4) is 0 Å². The minimum Gasteiger partial charge on any atom is -0.508 e. The van der Waals surface area contributed by atoms with E-state index in [1.807, 2.05) is 36.1 Å². The summed E-state index contributed by atoms with van der Waals surface area (Å²) in [7, 11) is 0. The zero-order valence-corrected chi connectivity index (χ0v) is 33.2. The summed E-state index contributed by atoms with van der Waals surface area (Å²) in [5, 5.41) is 67.8. The number of aromatic amines is 1. The Morgan fingerprint density at radius 3 is 2.54 bits per heavy atom. The van der Waals surface area contributed by atoms with Gasteiger partial charge in [-0.1, -0.05) is 31.4 Å². The molecule has 0 radical (unpaired) electrons. The molecule has 5 heterocycles. The molecule has 2 aliphatic heterocycles. The van der Waals surface area contributed by atoms with E-state index in [0.29, 0.717) is 58.7 Å². The lowest BCUT2D eigenvalue weighted by molar-refractivity contribution is -0.371. The van der Waals surface area contributed by atoms with Crippen molar-refractivity contribution in [2.45, 2.75) is 107 Å². The number of nitrogens with one attached hydrogen (secondary N) is 2. The van der Waals surface area contributed by atoms with E-state index >= 15 is 0 Å². The molecule has 2 fully saturated rings. The summed E-state index contributed by atoms with van der Waals surface area (Å²) >= 11 is 0. The van der Waals surface area contributed by atoms with Crippen molar-refractivity contribution in [2.24, 2.45) is 11.3 Å². The van der Waals surface area contributed by atoms with E-state index in [2.05, 4.69) is 10.3 Å². The Hall–Kier alpha value is -4.74. The average Bonchev–Trinajstić information content (AvgIpc) is 3.91. The Morgan fingerprint density at radius 2 is 1.81 bits per heavy atom. The maximum absolute atomic E-state index is 13.5. The number of hydrogen-bond acceptors (Lipinski definition) is 12. The van der Waals surface area contributed by atoms with Gasteiger partial charge in [0.05, 0.1) is 22.9 Å². The molecule has 7 atom stereocenters. The molecular formula is C44H53N3O12. The molecule has 1 saturated carbocycles. The molecule has 8 N–H and O–H groups in total. The van der Waals surface area contributed by atoms with Crippen LogP contribution in [0.25, 0.3) is 27.6 Å². The van der Waals surface area contributed by atoms with Crippen molar-refractivity contribution in [2.75, 3.05) is 19.8 Å². The van der Waals surface area contributed by atoms with Crippen molar-refractivity contribution in [1.29, 1.82) is 0 Å². The minimum atomic E-state index is -2.27. The first-order valence-corrected chi connectivity index (χ1v) is 20.4. The van der Waals surface area contributed by atoms with E-state index < -0.39 is 54.2 Å². The highest BCUT2D eigenvalue weighted by Crippen LogP contribution is 2.50. The maximum atomic E-state index is 13.5. The van der Waals surface area contributed by atoms with Gasteiger partial charge in [0.2, 0.25) is 5.91 Å². The molecular weight excluding hydrogens is 762 g/mol. The molecule has 0 unspecified atom stereocenters. The molecule has 1 saturated heterocycles. The molecule has 2 aromatic carbocycles. The molecule has 8 rings (SSSR count). The Balaban J connectivity index is 1.16. The van der Waals surface area contributed by atoms with Gasteiger partial charge in [-0.2, -0.15) is 0 Å². The van der Waals surface area contributed by atoms with Gasteiger partial charge in [-0.3, -0.25) is 9.59 Å². The first-order chi connectivity index (χ1) is 28.2. The van der Waals surface area contributed by atoms with Gasteiger partial charge in [0, 0.05) is 55.0 Å². The summed E-state index contributed by atoms with van der Waals surface area (Å²) < 4.78 is 15.3. The van der Waals surface area contributed by atoms with Gasteiger partial charge in [-0.15, -0.1) is 0 Å². The van der Waals surface area contributed by atoms with Crippen LogP contribution < -0.4 is 15.5 Å². The number of hydrogen-bond donors (Lipinski definition) is 8. The van der Waals surface area contributed by atoms with Gasteiger partial charge in [0.15, 0.2) is 16.8 Å². The Kier molecular flexibility index (Phi) is 11.1. The van der Waals surface area contributed by atoms with Crippen LogP contribution in [0, 0.1) is 18.3 Å². The number of H-pyrrole nitrogens is 1. The number of ether oxygens (including phenoxy) is 1. The highest BCUT2D eigenvalue weighted by Gasteiger charge is 2.52. The van der Waals surface area contributed by atoms with E-state index in [1.165, 1.54) is 30.3 Å². The largest absolute Gasteiger partial charge is 0.508 e. The molecule has 1 amide bonds. The van der Waals surface area contributed by atoms with E-state index in [1.54, 1.807) is 13.0 Å². The molecule has 316 valence electrons. The zero-order valence-electron chi connectivity index (χ0n) is 33.2. The van der Waals surface area contributed by atoms with Crippen LogP contribution in [0.2, 0.25) is 0 Å². The highest BCUT2D eigenvalue weighted by atomic mass is 17.2. The zero-order chi connectivity index (χ0) is 41.7. The van der Waals surface area contributed by atoms with Gasteiger partial charge < -0.3 is 54.7 Å². The van der Waals surface area contributed by atoms with Crippen LogP contribution in [-0.4, -0.2) is 101 Å². The fraction of sp³-hybridized carbons (Fsp3) is 0.500. The van der Waals surface area contributed by atoms with Crippen LogP contribution in [0.1, 0.15) is 68.8 Å². The van der Waals surface area contributed by atoms with E-state index in [-0.39, 0.29) is 35.8 Å². The lowest BCUT2D eigenvalue weighted by Gasteiger charge is -2.44. The lowest BCUT2D eigenvalue weighted by atomic mass is 9.65. The third-order valence-electron chi connectivity index (χ3n) is 13.1. The smallest absolute Gasteiger partial charge is 0.226 e. The first-order valence-electron chi connectivity index (χ1n) is 20.4. The summed E-state index contributed by atoms with van der Waals surface area (Å²) in [4.78, 5) is 42.2. The van der Waals surface area contributed by atoms with Gasteiger partial charge in [-0.25, -0.2) is 9.78 Å². The standard InChI is InChI=1S/C44H53N3O12/c1-25-16-33(50)31-17-28-18-35(59-56-24-44(55,40(53)37(52)34(51)23-48)19-26-6-8-30(49)9-7-26)42(2,14-10-29-20-46-41(54)43(29)12-4-3-5-13-43)58-38(28)36(39(31)57-25)47-21-27-11-15-45-32(27)22-47/h6-9,11,15-17,21-22,29,34-35,37,40,45,48-49,51-53,55H,3-5,10,12-14,18-20,23-24H2,1-2H3,(H,46,54)/t29-,34-,35-,37-,40+,42-,44+/m1/s1. The number of aliphatic hydroxyl groups is 5. The summed E-state index contributed by atoms with van der Waals surface area (Å²) in [5.41, 5.74) is -1.23. The van der Waals surface area contributed by atoms with Crippen molar-refractivity contribution in [3.8, 4) is 17.2 Å². The second-order valence-corrected chi connectivity index (χ2v) is 17.1. The van der Waals surface area contributed by atoms with Crippen molar-refractivity contribution >= 4 is 27.8 Å². The van der Waals surface area contributed by atoms with Crippen LogP contribution in [0.15, 0.2) is 70.3 Å².